The molecule has 1 aliphatic carbocycles. The number of rotatable bonds is 5. The van der Waals surface area contributed by atoms with Crippen molar-refractivity contribution in [2.75, 3.05) is 0 Å². The molecule has 14 rings (SSSR count). The lowest BCUT2D eigenvalue weighted by Gasteiger charge is -2.21. The lowest BCUT2D eigenvalue weighted by molar-refractivity contribution is 0.660. The summed E-state index contributed by atoms with van der Waals surface area (Å²) in [6, 6.07) is 73.8. The van der Waals surface area contributed by atoms with Gasteiger partial charge in [0.05, 0.1) is 11.0 Å². The third-order valence-corrected chi connectivity index (χ3v) is 14.2. The predicted octanol–water partition coefficient (Wildman–Crippen LogP) is 17.2. The third-order valence-electron chi connectivity index (χ3n) is 14.2. The van der Waals surface area contributed by atoms with Gasteiger partial charge in [0.15, 0.2) is 11.6 Å². The van der Waals surface area contributed by atoms with Gasteiger partial charge >= 0.3 is 0 Å². The van der Waals surface area contributed by atoms with Gasteiger partial charge in [-0.25, -0.2) is 4.98 Å². The molecule has 10 aromatic carbocycles. The van der Waals surface area contributed by atoms with E-state index in [0.29, 0.717) is 17.6 Å². The van der Waals surface area contributed by atoms with Crippen LogP contribution in [0.15, 0.2) is 211 Å². The summed E-state index contributed by atoms with van der Waals surface area (Å²) in [5, 5.41) is 9.11. The summed E-state index contributed by atoms with van der Waals surface area (Å²) in [7, 11) is 0. The number of aromatic nitrogens is 4. The fraction of sp³-hybridized carbons (Fsp3) is 0.0781. The molecule has 0 saturated heterocycles. The minimum absolute atomic E-state index is 0.0564. The minimum Gasteiger partial charge on any atom is -0.456 e. The average Bonchev–Trinajstić information content (AvgIpc) is 4.05. The van der Waals surface area contributed by atoms with Gasteiger partial charge in [-0.1, -0.05) is 204 Å². The first-order valence-electron chi connectivity index (χ1n) is 23.9. The summed E-state index contributed by atoms with van der Waals surface area (Å²) in [6.07, 6.45) is 0. The quantitative estimate of drug-likeness (QED) is 0.162. The second kappa shape index (κ2) is 15.7. The van der Waals surface area contributed by atoms with E-state index in [2.05, 4.69) is 188 Å². The first kappa shape index (κ1) is 40.6. The molecule has 0 N–H and O–H groups in total. The summed E-state index contributed by atoms with van der Waals surface area (Å²) < 4.78 is 8.73. The zero-order valence-electron chi connectivity index (χ0n) is 38.8. The van der Waals surface area contributed by atoms with E-state index < -0.39 is 0 Å². The van der Waals surface area contributed by atoms with Gasteiger partial charge in [0.1, 0.15) is 11.2 Å². The van der Waals surface area contributed by atoms with Gasteiger partial charge in [0.2, 0.25) is 5.95 Å². The van der Waals surface area contributed by atoms with Crippen molar-refractivity contribution in [3.8, 4) is 62.1 Å². The highest BCUT2D eigenvalue weighted by Crippen LogP contribution is 2.50. The van der Waals surface area contributed by atoms with Crippen LogP contribution in [-0.4, -0.2) is 19.5 Å². The number of fused-ring (bicyclic) bond motifs is 14. The number of benzene rings is 10. The van der Waals surface area contributed by atoms with Crippen LogP contribution in [0.2, 0.25) is 0 Å². The van der Waals surface area contributed by atoms with Gasteiger partial charge in [-0.05, 0) is 85.4 Å². The molecule has 13 aromatic rings. The Morgan fingerprint density at radius 3 is 1.75 bits per heavy atom. The predicted molar refractivity (Wildman–Crippen MR) is 287 cm³/mol. The van der Waals surface area contributed by atoms with Crippen LogP contribution >= 0.6 is 0 Å². The van der Waals surface area contributed by atoms with E-state index in [9.17, 15) is 0 Å². The van der Waals surface area contributed by atoms with E-state index in [4.69, 9.17) is 19.4 Å². The Morgan fingerprint density at radius 2 is 0.928 bits per heavy atom. The molecule has 0 spiro atoms. The van der Waals surface area contributed by atoms with Gasteiger partial charge < -0.3 is 4.42 Å². The Hall–Kier alpha value is -8.67. The van der Waals surface area contributed by atoms with Crippen LogP contribution in [0.3, 0.4) is 0 Å². The van der Waals surface area contributed by atoms with Crippen LogP contribution < -0.4 is 0 Å². The minimum atomic E-state index is -0.0564. The van der Waals surface area contributed by atoms with Crippen LogP contribution in [-0.2, 0) is 5.41 Å². The van der Waals surface area contributed by atoms with Crippen molar-refractivity contribution in [3.05, 3.63) is 217 Å². The highest BCUT2D eigenvalue weighted by atomic mass is 16.3. The molecule has 5 nitrogen and oxygen atoms in total. The molecule has 0 aliphatic heterocycles. The SMILES string of the molecule is CC.CC1(C)c2ccccc2-c2cc(-c3cccc(-c4cccc5c6c7ccccc7c7ccccc7c6n(-c6nc(-c7ccccc7)nc(-c7ccc8c(c7)oc7ccccc78)n6)c45)c3)ccc21. The van der Waals surface area contributed by atoms with Crippen LogP contribution in [0.4, 0.5) is 0 Å². The van der Waals surface area contributed by atoms with E-state index in [1.807, 2.05) is 50.2 Å². The van der Waals surface area contributed by atoms with Crippen LogP contribution in [0, 0.1) is 0 Å². The molecule has 3 aromatic heterocycles. The Kier molecular flexibility index (Phi) is 9.25. The maximum absolute atomic E-state index is 6.41. The highest BCUT2D eigenvalue weighted by Gasteiger charge is 2.35. The van der Waals surface area contributed by atoms with Gasteiger partial charge in [-0.15, -0.1) is 0 Å². The monoisotopic (exact) mass is 886 g/mol. The maximum atomic E-state index is 6.41. The van der Waals surface area contributed by atoms with Crippen molar-refractivity contribution in [2.24, 2.45) is 0 Å². The first-order valence-corrected chi connectivity index (χ1v) is 23.9. The standard InChI is InChI=1S/C62H40N4O.C2H6/c1-62(2)52-28-12-10-22-45(52)51-35-39(31-33-53(51)62)38-18-14-19-40(34-38)42-26-15-27-50-56-48-24-8-6-20-43(48)44-21-7-9-25-49(44)58(56)66(57(42)50)61-64-59(37-16-4-3-5-17-37)63-60(65-61)41-30-32-47-46-23-11-13-29-54(46)67-55(47)36-41;1-2/h3-36H,1-2H3;1-2H3. The van der Waals surface area contributed by atoms with E-state index in [-0.39, 0.29) is 5.41 Å². The smallest absolute Gasteiger partial charge is 0.238 e. The Bertz CT molecular complexity index is 4200. The zero-order chi connectivity index (χ0) is 46.4. The van der Waals surface area contributed by atoms with E-state index in [1.54, 1.807) is 0 Å². The van der Waals surface area contributed by atoms with Crippen molar-refractivity contribution in [1.82, 2.24) is 19.5 Å². The Morgan fingerprint density at radius 1 is 0.362 bits per heavy atom. The lowest BCUT2D eigenvalue weighted by atomic mass is 9.82. The molecule has 3 heterocycles. The molecular formula is C64H46N4O. The Labute approximate surface area is 400 Å². The van der Waals surface area contributed by atoms with E-state index >= 15 is 0 Å². The summed E-state index contributed by atoms with van der Waals surface area (Å²) in [4.78, 5) is 16.1. The molecule has 0 amide bonds. The highest BCUT2D eigenvalue weighted by molar-refractivity contribution is 6.33. The summed E-state index contributed by atoms with van der Waals surface area (Å²) in [5.41, 5.74) is 15.3. The molecule has 0 bridgehead atoms. The molecule has 69 heavy (non-hydrogen) atoms. The fourth-order valence-electron chi connectivity index (χ4n) is 11.1. The van der Waals surface area contributed by atoms with Crippen molar-refractivity contribution >= 4 is 65.3 Å². The molecule has 0 fully saturated rings. The Balaban J connectivity index is 0.00000232. The lowest BCUT2D eigenvalue weighted by Crippen LogP contribution is -2.14. The van der Waals surface area contributed by atoms with Gasteiger partial charge in [-0.3, -0.25) is 4.57 Å². The molecule has 328 valence electrons. The van der Waals surface area contributed by atoms with Crippen molar-refractivity contribution in [3.63, 3.8) is 0 Å². The number of hydrogen-bond acceptors (Lipinski definition) is 4. The molecule has 5 heteroatoms. The number of para-hydroxylation sites is 2. The van der Waals surface area contributed by atoms with Crippen molar-refractivity contribution in [2.45, 2.75) is 33.1 Å². The van der Waals surface area contributed by atoms with Crippen LogP contribution in [0.5, 0.6) is 0 Å². The van der Waals surface area contributed by atoms with E-state index in [0.717, 1.165) is 76.9 Å². The number of furan rings is 1. The maximum Gasteiger partial charge on any atom is 0.238 e. The molecule has 0 unspecified atom stereocenters. The average molecular weight is 887 g/mol. The van der Waals surface area contributed by atoms with Crippen molar-refractivity contribution < 1.29 is 4.42 Å². The second-order valence-corrected chi connectivity index (χ2v) is 18.3. The van der Waals surface area contributed by atoms with Gasteiger partial charge in [-0.2, -0.15) is 9.97 Å². The molecule has 0 saturated carbocycles. The van der Waals surface area contributed by atoms with Gasteiger partial charge in [0, 0.05) is 49.0 Å². The van der Waals surface area contributed by atoms with E-state index in [1.165, 1.54) is 44.0 Å². The van der Waals surface area contributed by atoms with Crippen LogP contribution in [0.1, 0.15) is 38.8 Å². The van der Waals surface area contributed by atoms with Crippen molar-refractivity contribution in [1.29, 1.82) is 0 Å². The number of nitrogens with zero attached hydrogens (tertiary/aromatic N) is 4. The summed E-state index contributed by atoms with van der Waals surface area (Å²) in [6.45, 7) is 8.67. The topological polar surface area (TPSA) is 56.7 Å². The zero-order valence-corrected chi connectivity index (χ0v) is 38.8. The number of hydrogen-bond donors (Lipinski definition) is 0. The summed E-state index contributed by atoms with van der Waals surface area (Å²) >= 11 is 0. The largest absolute Gasteiger partial charge is 0.456 e. The summed E-state index contributed by atoms with van der Waals surface area (Å²) in [5.74, 6) is 1.69. The normalized spacial score (nSPS) is 12.8. The van der Waals surface area contributed by atoms with Gasteiger partial charge in [0.25, 0.3) is 0 Å². The second-order valence-electron chi connectivity index (χ2n) is 18.3. The molecule has 0 radical (unpaired) electrons. The molecule has 0 atom stereocenters. The molecular weight excluding hydrogens is 841 g/mol. The molecule has 1 aliphatic rings. The van der Waals surface area contributed by atoms with Crippen LogP contribution in [0.25, 0.3) is 127 Å². The third kappa shape index (κ3) is 6.20. The first-order chi connectivity index (χ1) is 34.0. The fourth-order valence-corrected chi connectivity index (χ4v) is 11.1.